The Labute approximate surface area is 208 Å². The molecule has 0 amide bonds. The summed E-state index contributed by atoms with van der Waals surface area (Å²) < 4.78 is 0. The van der Waals surface area contributed by atoms with Crippen LogP contribution < -0.4 is 15.5 Å². The number of benzene rings is 1. The molecular weight excluding hydrogens is 519 g/mol. The van der Waals surface area contributed by atoms with Crippen molar-refractivity contribution in [2.75, 3.05) is 50.7 Å². The molecule has 6 nitrogen and oxygen atoms in total. The summed E-state index contributed by atoms with van der Waals surface area (Å²) in [5.74, 6) is 0.902. The van der Waals surface area contributed by atoms with Gasteiger partial charge in [-0.1, -0.05) is 18.2 Å². The lowest BCUT2D eigenvalue weighted by Gasteiger charge is -2.36. The van der Waals surface area contributed by atoms with Gasteiger partial charge in [-0.15, -0.1) is 35.3 Å². The van der Waals surface area contributed by atoms with Crippen molar-refractivity contribution in [2.45, 2.75) is 40.2 Å². The molecule has 0 atom stereocenters. The van der Waals surface area contributed by atoms with Gasteiger partial charge in [0.1, 0.15) is 0 Å². The zero-order valence-electron chi connectivity index (χ0n) is 19.1. The normalized spacial score (nSPS) is 14.9. The number of hydrogen-bond acceptors (Lipinski definition) is 5. The Morgan fingerprint density at radius 1 is 1.06 bits per heavy atom. The van der Waals surface area contributed by atoms with Crippen LogP contribution >= 0.6 is 35.3 Å². The first-order chi connectivity index (χ1) is 14.7. The van der Waals surface area contributed by atoms with Crippen LogP contribution in [-0.4, -0.2) is 61.7 Å². The predicted octanol–water partition coefficient (Wildman–Crippen LogP) is 4.04. The molecule has 2 N–H and O–H groups in total. The van der Waals surface area contributed by atoms with Gasteiger partial charge in [-0.25, -0.2) is 9.98 Å². The summed E-state index contributed by atoms with van der Waals surface area (Å²) in [6.45, 7) is 14.5. The van der Waals surface area contributed by atoms with E-state index in [0.29, 0.717) is 6.54 Å². The van der Waals surface area contributed by atoms with Crippen molar-refractivity contribution >= 4 is 47.0 Å². The molecule has 3 rings (SSSR count). The Hall–Kier alpha value is -1.39. The molecule has 172 valence electrons. The lowest BCUT2D eigenvalue weighted by molar-refractivity contribution is 0.253. The average Bonchev–Trinajstić information content (AvgIpc) is 3.09. The van der Waals surface area contributed by atoms with E-state index in [-0.39, 0.29) is 24.0 Å². The molecule has 0 aliphatic carbocycles. The Balaban J connectivity index is 0.00000341. The Bertz CT molecular complexity index is 787. The highest BCUT2D eigenvalue weighted by Crippen LogP contribution is 2.18. The SMILES string of the molecule is CCNC(=NCc1sc(C)nc1C)NCCCCN1CCN(c2ccccc2)CC1.I. The van der Waals surface area contributed by atoms with Crippen LogP contribution in [0.2, 0.25) is 0 Å². The lowest BCUT2D eigenvalue weighted by Crippen LogP contribution is -2.46. The smallest absolute Gasteiger partial charge is 0.191 e. The first kappa shape index (κ1) is 25.9. The van der Waals surface area contributed by atoms with Gasteiger partial charge in [0, 0.05) is 49.8 Å². The number of nitrogens with zero attached hydrogens (tertiary/aromatic N) is 4. The van der Waals surface area contributed by atoms with Gasteiger partial charge in [-0.3, -0.25) is 4.90 Å². The van der Waals surface area contributed by atoms with Crippen molar-refractivity contribution in [3.8, 4) is 0 Å². The molecule has 2 heterocycles. The van der Waals surface area contributed by atoms with Crippen molar-refractivity contribution < 1.29 is 0 Å². The van der Waals surface area contributed by atoms with Crippen molar-refractivity contribution in [1.82, 2.24) is 20.5 Å². The van der Waals surface area contributed by atoms with Crippen molar-refractivity contribution in [3.63, 3.8) is 0 Å². The van der Waals surface area contributed by atoms with Crippen LogP contribution in [0.4, 0.5) is 5.69 Å². The molecule has 8 heteroatoms. The molecular formula is C23H37IN6S. The molecule has 0 unspecified atom stereocenters. The van der Waals surface area contributed by atoms with Gasteiger partial charge in [0.2, 0.25) is 0 Å². The summed E-state index contributed by atoms with van der Waals surface area (Å²) in [5.41, 5.74) is 2.45. The van der Waals surface area contributed by atoms with Crippen molar-refractivity contribution in [2.24, 2.45) is 4.99 Å². The summed E-state index contributed by atoms with van der Waals surface area (Å²) in [6.07, 6.45) is 2.37. The van der Waals surface area contributed by atoms with Crippen LogP contribution in [0.1, 0.15) is 35.3 Å². The van der Waals surface area contributed by atoms with Gasteiger partial charge in [0.05, 0.1) is 17.2 Å². The van der Waals surface area contributed by atoms with Gasteiger partial charge >= 0.3 is 0 Å². The second kappa shape index (κ2) is 13.9. The molecule has 1 aromatic heterocycles. The van der Waals surface area contributed by atoms with Crippen LogP contribution in [0.3, 0.4) is 0 Å². The van der Waals surface area contributed by atoms with E-state index < -0.39 is 0 Å². The third-order valence-electron chi connectivity index (χ3n) is 5.41. The van der Waals surface area contributed by atoms with E-state index in [1.165, 1.54) is 23.5 Å². The zero-order chi connectivity index (χ0) is 21.2. The maximum absolute atomic E-state index is 4.73. The standard InChI is InChI=1S/C23H36N6S.HI/c1-4-24-23(26-18-22-19(2)27-20(3)30-22)25-12-8-9-13-28-14-16-29(17-15-28)21-10-6-5-7-11-21;/h5-7,10-11H,4,8-9,12-18H2,1-3H3,(H2,24,25,26);1H. The topological polar surface area (TPSA) is 55.8 Å². The fraction of sp³-hybridized carbons (Fsp3) is 0.565. The number of aromatic nitrogens is 1. The van der Waals surface area contributed by atoms with Crippen LogP contribution in [0.5, 0.6) is 0 Å². The maximum Gasteiger partial charge on any atom is 0.191 e. The van der Waals surface area contributed by atoms with E-state index in [1.807, 2.05) is 0 Å². The number of rotatable bonds is 9. The number of para-hydroxylation sites is 1. The minimum Gasteiger partial charge on any atom is -0.369 e. The van der Waals surface area contributed by atoms with Crippen LogP contribution in [0.25, 0.3) is 0 Å². The van der Waals surface area contributed by atoms with E-state index in [9.17, 15) is 0 Å². The van der Waals surface area contributed by atoms with E-state index in [1.54, 1.807) is 11.3 Å². The molecule has 1 fully saturated rings. The highest BCUT2D eigenvalue weighted by molar-refractivity contribution is 14.0. The highest BCUT2D eigenvalue weighted by atomic mass is 127. The van der Waals surface area contributed by atoms with Gasteiger partial charge in [-0.2, -0.15) is 0 Å². The van der Waals surface area contributed by atoms with Crippen LogP contribution in [-0.2, 0) is 6.54 Å². The van der Waals surface area contributed by atoms with Crippen molar-refractivity contribution in [1.29, 1.82) is 0 Å². The number of thiazole rings is 1. The number of anilines is 1. The fourth-order valence-electron chi connectivity index (χ4n) is 3.75. The highest BCUT2D eigenvalue weighted by Gasteiger charge is 2.16. The predicted molar refractivity (Wildman–Crippen MR) is 144 cm³/mol. The van der Waals surface area contributed by atoms with E-state index >= 15 is 0 Å². The van der Waals surface area contributed by atoms with Gasteiger partial charge in [0.15, 0.2) is 5.96 Å². The quantitative estimate of drug-likeness (QED) is 0.212. The second-order valence-electron chi connectivity index (χ2n) is 7.73. The Kier molecular flexibility index (Phi) is 11.6. The van der Waals surface area contributed by atoms with Crippen LogP contribution in [0.15, 0.2) is 35.3 Å². The minimum atomic E-state index is 0. The fourth-order valence-corrected chi connectivity index (χ4v) is 4.61. The monoisotopic (exact) mass is 556 g/mol. The van der Waals surface area contributed by atoms with Gasteiger partial charge < -0.3 is 15.5 Å². The first-order valence-electron chi connectivity index (χ1n) is 11.1. The summed E-state index contributed by atoms with van der Waals surface area (Å²) in [4.78, 5) is 15.5. The molecule has 2 aromatic rings. The number of unbranched alkanes of at least 4 members (excludes halogenated alkanes) is 1. The number of hydrogen-bond donors (Lipinski definition) is 2. The molecule has 0 spiro atoms. The third-order valence-corrected chi connectivity index (χ3v) is 6.47. The minimum absolute atomic E-state index is 0. The second-order valence-corrected chi connectivity index (χ2v) is 9.02. The molecule has 1 aliphatic heterocycles. The van der Waals surface area contributed by atoms with Crippen molar-refractivity contribution in [3.05, 3.63) is 45.9 Å². The first-order valence-corrected chi connectivity index (χ1v) is 11.9. The maximum atomic E-state index is 4.73. The number of guanidine groups is 1. The Morgan fingerprint density at radius 2 is 1.81 bits per heavy atom. The lowest BCUT2D eigenvalue weighted by atomic mass is 10.2. The average molecular weight is 557 g/mol. The number of aliphatic imine (C=N–C) groups is 1. The zero-order valence-corrected chi connectivity index (χ0v) is 22.2. The largest absolute Gasteiger partial charge is 0.369 e. The number of aryl methyl sites for hydroxylation is 2. The van der Waals surface area contributed by atoms with E-state index in [2.05, 4.69) is 76.5 Å². The summed E-state index contributed by atoms with van der Waals surface area (Å²) in [5, 5.41) is 7.94. The molecule has 0 saturated carbocycles. The summed E-state index contributed by atoms with van der Waals surface area (Å²) in [7, 11) is 0. The molecule has 1 aromatic carbocycles. The van der Waals surface area contributed by atoms with E-state index in [0.717, 1.165) is 62.4 Å². The van der Waals surface area contributed by atoms with Gasteiger partial charge in [0.25, 0.3) is 0 Å². The molecule has 0 bridgehead atoms. The van der Waals surface area contributed by atoms with E-state index in [4.69, 9.17) is 4.99 Å². The summed E-state index contributed by atoms with van der Waals surface area (Å²) >= 11 is 1.74. The number of halogens is 1. The number of nitrogens with one attached hydrogen (secondary N) is 2. The molecule has 31 heavy (non-hydrogen) atoms. The summed E-state index contributed by atoms with van der Waals surface area (Å²) in [6, 6.07) is 10.8. The molecule has 1 aliphatic rings. The van der Waals surface area contributed by atoms with Crippen LogP contribution in [0, 0.1) is 13.8 Å². The van der Waals surface area contributed by atoms with Gasteiger partial charge in [-0.05, 0) is 52.3 Å². The third kappa shape index (κ3) is 8.57. The molecule has 1 saturated heterocycles. The Morgan fingerprint density at radius 3 is 2.45 bits per heavy atom. The molecule has 0 radical (unpaired) electrons. The number of piperazine rings is 1.